The molecule has 32 heavy (non-hydrogen) atoms. The number of hydrogen-bond donors (Lipinski definition) is 1. The molecule has 3 rings (SSSR count). The van der Waals surface area contributed by atoms with Gasteiger partial charge in [0.25, 0.3) is 0 Å². The zero-order chi connectivity index (χ0) is 22.9. The van der Waals surface area contributed by atoms with Crippen molar-refractivity contribution in [1.29, 1.82) is 0 Å². The maximum atomic E-state index is 13.1. The monoisotopic (exact) mass is 503 g/mol. The molecule has 0 spiro atoms. The van der Waals surface area contributed by atoms with Crippen LogP contribution in [0, 0.1) is 5.82 Å². The van der Waals surface area contributed by atoms with Gasteiger partial charge in [0.15, 0.2) is 23.0 Å². The molecule has 7 heteroatoms. The molecule has 3 aromatic carbocycles. The van der Waals surface area contributed by atoms with Crippen LogP contribution in [0.15, 0.2) is 59.1 Å². The lowest BCUT2D eigenvalue weighted by Gasteiger charge is -2.15. The fourth-order valence-electron chi connectivity index (χ4n) is 3.22. The summed E-state index contributed by atoms with van der Waals surface area (Å²) >= 11 is 3.62. The van der Waals surface area contributed by atoms with Crippen molar-refractivity contribution < 1.29 is 23.3 Å². The molecule has 0 aliphatic carbocycles. The highest BCUT2D eigenvalue weighted by Gasteiger charge is 2.11. The fourth-order valence-corrected chi connectivity index (χ4v) is 3.68. The van der Waals surface area contributed by atoms with Crippen LogP contribution < -0.4 is 24.3 Å². The summed E-state index contributed by atoms with van der Waals surface area (Å²) in [5.74, 6) is 2.46. The highest BCUT2D eigenvalue weighted by atomic mass is 79.9. The van der Waals surface area contributed by atoms with Gasteiger partial charge in [-0.2, -0.15) is 0 Å². The quantitative estimate of drug-likeness (QED) is 0.349. The molecular weight excluding hydrogens is 477 g/mol. The van der Waals surface area contributed by atoms with Crippen molar-refractivity contribution in [3.05, 3.63) is 81.6 Å². The molecule has 170 valence electrons. The summed E-state index contributed by atoms with van der Waals surface area (Å²) in [4.78, 5) is 0. The fraction of sp³-hybridized carbons (Fsp3) is 0.280. The van der Waals surface area contributed by atoms with E-state index in [9.17, 15) is 4.39 Å². The van der Waals surface area contributed by atoms with E-state index < -0.39 is 0 Å². The van der Waals surface area contributed by atoms with Crippen molar-refractivity contribution in [2.24, 2.45) is 0 Å². The van der Waals surface area contributed by atoms with Crippen LogP contribution in [-0.4, -0.2) is 27.9 Å². The van der Waals surface area contributed by atoms with Gasteiger partial charge < -0.3 is 24.3 Å². The molecule has 0 aliphatic rings. The Morgan fingerprint density at radius 1 is 0.781 bits per heavy atom. The van der Waals surface area contributed by atoms with E-state index in [1.807, 2.05) is 30.3 Å². The van der Waals surface area contributed by atoms with Gasteiger partial charge in [-0.05, 0) is 66.1 Å². The summed E-state index contributed by atoms with van der Waals surface area (Å²) in [6.45, 7) is 1.79. The first kappa shape index (κ1) is 23.9. The zero-order valence-corrected chi connectivity index (χ0v) is 20.0. The average molecular weight is 504 g/mol. The molecule has 0 bridgehead atoms. The molecule has 0 saturated carbocycles. The third-order valence-electron chi connectivity index (χ3n) is 4.99. The minimum absolute atomic E-state index is 0.267. The van der Waals surface area contributed by atoms with Crippen molar-refractivity contribution >= 4 is 15.9 Å². The Hall–Kier alpha value is -2.77. The van der Waals surface area contributed by atoms with Gasteiger partial charge in [0.1, 0.15) is 12.4 Å². The number of halogens is 2. The first-order valence-corrected chi connectivity index (χ1v) is 11.0. The van der Waals surface area contributed by atoms with E-state index in [1.165, 1.54) is 12.1 Å². The molecule has 0 radical (unpaired) electrons. The maximum Gasteiger partial charge on any atom is 0.162 e. The van der Waals surface area contributed by atoms with Crippen molar-refractivity contribution in [2.45, 2.75) is 19.6 Å². The summed E-state index contributed by atoms with van der Waals surface area (Å²) in [5.41, 5.74) is 3.10. The van der Waals surface area contributed by atoms with E-state index >= 15 is 0 Å². The summed E-state index contributed by atoms with van der Waals surface area (Å²) < 4.78 is 36.0. The first-order chi connectivity index (χ1) is 15.5. The summed E-state index contributed by atoms with van der Waals surface area (Å²) in [5, 5.41) is 3.46. The molecular formula is C25H27BrFNO4. The Morgan fingerprint density at radius 3 is 2.12 bits per heavy atom. The second-order valence-corrected chi connectivity index (χ2v) is 7.98. The lowest BCUT2D eigenvalue weighted by molar-refractivity contribution is 0.284. The molecule has 3 aromatic rings. The maximum absolute atomic E-state index is 13.1. The Bertz CT molecular complexity index is 1030. The van der Waals surface area contributed by atoms with E-state index in [2.05, 4.69) is 21.2 Å². The van der Waals surface area contributed by atoms with E-state index in [0.29, 0.717) is 24.7 Å². The van der Waals surface area contributed by atoms with Crippen LogP contribution in [0.2, 0.25) is 0 Å². The van der Waals surface area contributed by atoms with Crippen LogP contribution in [-0.2, 0) is 19.6 Å². The third-order valence-corrected chi connectivity index (χ3v) is 5.73. The Kier molecular flexibility index (Phi) is 8.76. The Balaban J connectivity index is 1.57. The largest absolute Gasteiger partial charge is 0.493 e. The minimum atomic E-state index is -0.267. The normalized spacial score (nSPS) is 10.7. The lowest BCUT2D eigenvalue weighted by Crippen LogP contribution is -2.17. The molecule has 0 saturated heterocycles. The molecule has 0 heterocycles. The van der Waals surface area contributed by atoms with Gasteiger partial charge in [0.2, 0.25) is 0 Å². The van der Waals surface area contributed by atoms with Crippen LogP contribution >= 0.6 is 15.9 Å². The van der Waals surface area contributed by atoms with Crippen molar-refractivity contribution in [1.82, 2.24) is 5.32 Å². The molecule has 0 atom stereocenters. The molecule has 1 N–H and O–H groups in total. The molecule has 0 amide bonds. The number of ether oxygens (including phenoxy) is 4. The minimum Gasteiger partial charge on any atom is -0.493 e. The van der Waals surface area contributed by atoms with Gasteiger partial charge in [0, 0.05) is 11.0 Å². The van der Waals surface area contributed by atoms with E-state index in [4.69, 9.17) is 18.9 Å². The van der Waals surface area contributed by atoms with Gasteiger partial charge in [-0.1, -0.05) is 34.1 Å². The van der Waals surface area contributed by atoms with Crippen molar-refractivity contribution in [3.8, 4) is 23.0 Å². The summed E-state index contributed by atoms with van der Waals surface area (Å²) in [6, 6.07) is 16.0. The Labute approximate surface area is 196 Å². The highest BCUT2D eigenvalue weighted by molar-refractivity contribution is 9.10. The number of rotatable bonds is 11. The summed E-state index contributed by atoms with van der Waals surface area (Å²) in [7, 11) is 4.88. The van der Waals surface area contributed by atoms with Gasteiger partial charge in [-0.3, -0.25) is 0 Å². The Morgan fingerprint density at radius 2 is 1.44 bits per heavy atom. The molecule has 5 nitrogen and oxygen atoms in total. The van der Waals surface area contributed by atoms with Crippen LogP contribution in [0.4, 0.5) is 4.39 Å². The van der Waals surface area contributed by atoms with Gasteiger partial charge in [0.05, 0.1) is 21.3 Å². The van der Waals surface area contributed by atoms with Crippen LogP contribution in [0.3, 0.4) is 0 Å². The zero-order valence-electron chi connectivity index (χ0n) is 18.4. The standard InChI is InChI=1S/C25H27BrFNO4/c1-29-22-9-6-17(12-23(22)30-2)10-11-28-15-19-13-24(31-3)25(14-21(19)26)32-16-18-4-7-20(27)8-5-18/h4-9,12-14,28H,10-11,15-16H2,1-3H3. The third kappa shape index (κ3) is 6.37. The van der Waals surface area contributed by atoms with Gasteiger partial charge >= 0.3 is 0 Å². The predicted octanol–water partition coefficient (Wildman–Crippen LogP) is 5.53. The highest BCUT2D eigenvalue weighted by Crippen LogP contribution is 2.34. The van der Waals surface area contributed by atoms with E-state index in [-0.39, 0.29) is 5.82 Å². The molecule has 0 aromatic heterocycles. The topological polar surface area (TPSA) is 49.0 Å². The smallest absolute Gasteiger partial charge is 0.162 e. The van der Waals surface area contributed by atoms with E-state index in [1.54, 1.807) is 33.5 Å². The van der Waals surface area contributed by atoms with Crippen molar-refractivity contribution in [3.63, 3.8) is 0 Å². The predicted molar refractivity (Wildman–Crippen MR) is 126 cm³/mol. The van der Waals surface area contributed by atoms with Gasteiger partial charge in [-0.15, -0.1) is 0 Å². The first-order valence-electron chi connectivity index (χ1n) is 10.2. The second kappa shape index (κ2) is 11.7. The SMILES string of the molecule is COc1ccc(CCNCc2cc(OC)c(OCc3ccc(F)cc3)cc2Br)cc1OC. The van der Waals surface area contributed by atoms with Gasteiger partial charge in [-0.25, -0.2) is 4.39 Å². The van der Waals surface area contributed by atoms with Crippen LogP contribution in [0.25, 0.3) is 0 Å². The van der Waals surface area contributed by atoms with E-state index in [0.717, 1.165) is 45.6 Å². The number of nitrogens with one attached hydrogen (secondary N) is 1. The van der Waals surface area contributed by atoms with Crippen molar-refractivity contribution in [2.75, 3.05) is 27.9 Å². The second-order valence-electron chi connectivity index (χ2n) is 7.13. The number of benzene rings is 3. The summed E-state index contributed by atoms with van der Waals surface area (Å²) in [6.07, 6.45) is 0.855. The number of methoxy groups -OCH3 is 3. The lowest BCUT2D eigenvalue weighted by atomic mass is 10.1. The number of hydrogen-bond acceptors (Lipinski definition) is 5. The molecule has 0 unspecified atom stereocenters. The molecule has 0 fully saturated rings. The van der Waals surface area contributed by atoms with Crippen LogP contribution in [0.5, 0.6) is 23.0 Å². The van der Waals surface area contributed by atoms with Crippen LogP contribution in [0.1, 0.15) is 16.7 Å². The molecule has 0 aliphatic heterocycles. The average Bonchev–Trinajstić information content (AvgIpc) is 2.82.